The molecular weight excluding hydrogens is 290 g/mol. The third-order valence-corrected chi connectivity index (χ3v) is 4.81. The minimum Gasteiger partial charge on any atom is -0.480 e. The molecule has 2 saturated heterocycles. The number of ether oxygens (including phenoxy) is 1. The Kier molecular flexibility index (Phi) is 4.82. The van der Waals surface area contributed by atoms with Crippen LogP contribution in [-0.4, -0.2) is 54.0 Å². The second kappa shape index (κ2) is 7.01. The van der Waals surface area contributed by atoms with Crippen molar-refractivity contribution < 1.29 is 9.53 Å². The lowest BCUT2D eigenvalue weighted by atomic mass is 9.99. The Morgan fingerprint density at radius 2 is 2.13 bits per heavy atom. The van der Waals surface area contributed by atoms with Crippen LogP contribution in [0.5, 0.6) is 5.75 Å². The van der Waals surface area contributed by atoms with Gasteiger partial charge in [-0.1, -0.05) is 18.6 Å². The van der Waals surface area contributed by atoms with E-state index in [2.05, 4.69) is 11.0 Å². The molecule has 0 N–H and O–H groups in total. The van der Waals surface area contributed by atoms with Crippen molar-refractivity contribution in [1.82, 2.24) is 9.80 Å². The molecule has 0 bridgehead atoms. The van der Waals surface area contributed by atoms with Gasteiger partial charge in [-0.3, -0.25) is 9.69 Å². The molecule has 0 spiro atoms. The van der Waals surface area contributed by atoms with Gasteiger partial charge in [-0.05, 0) is 38.4 Å². The monoisotopic (exact) mass is 313 g/mol. The van der Waals surface area contributed by atoms with Crippen molar-refractivity contribution in [3.05, 3.63) is 29.8 Å². The molecule has 2 fully saturated rings. The Balaban J connectivity index is 1.62. The quantitative estimate of drug-likeness (QED) is 0.857. The van der Waals surface area contributed by atoms with Gasteiger partial charge in [-0.25, -0.2) is 0 Å². The molecule has 1 amide bonds. The summed E-state index contributed by atoms with van der Waals surface area (Å²) in [5, 5.41) is 9.12. The number of rotatable bonds is 3. The SMILES string of the molecule is C[C@H](Oc1ccccc1C#N)C(=O)N1CCN2CCCC[C@H]2C1. The van der Waals surface area contributed by atoms with E-state index in [0.717, 1.165) is 26.2 Å². The molecule has 2 atom stereocenters. The van der Waals surface area contributed by atoms with Crippen molar-refractivity contribution >= 4 is 5.91 Å². The summed E-state index contributed by atoms with van der Waals surface area (Å²) in [7, 11) is 0. The number of carbonyl (C=O) groups is 1. The Bertz CT molecular complexity index is 611. The van der Waals surface area contributed by atoms with E-state index in [-0.39, 0.29) is 5.91 Å². The van der Waals surface area contributed by atoms with Crippen LogP contribution in [-0.2, 0) is 4.79 Å². The first kappa shape index (κ1) is 15.8. The number of fused-ring (bicyclic) bond motifs is 1. The van der Waals surface area contributed by atoms with Gasteiger partial charge in [0.2, 0.25) is 0 Å². The predicted molar refractivity (Wildman–Crippen MR) is 87.0 cm³/mol. The van der Waals surface area contributed by atoms with Gasteiger partial charge in [0.15, 0.2) is 6.10 Å². The number of carbonyl (C=O) groups excluding carboxylic acids is 1. The van der Waals surface area contributed by atoms with Crippen molar-refractivity contribution in [2.45, 2.75) is 38.3 Å². The highest BCUT2D eigenvalue weighted by Crippen LogP contribution is 2.23. The van der Waals surface area contributed by atoms with Crippen LogP contribution in [0.3, 0.4) is 0 Å². The molecule has 0 unspecified atom stereocenters. The first-order chi connectivity index (χ1) is 11.2. The number of hydrogen-bond acceptors (Lipinski definition) is 4. The number of piperazine rings is 1. The van der Waals surface area contributed by atoms with Gasteiger partial charge in [0.05, 0.1) is 5.56 Å². The Hall–Kier alpha value is -2.06. The number of hydrogen-bond donors (Lipinski definition) is 0. The van der Waals surface area contributed by atoms with Crippen LogP contribution in [0.15, 0.2) is 24.3 Å². The topological polar surface area (TPSA) is 56.6 Å². The fourth-order valence-electron chi connectivity index (χ4n) is 3.52. The maximum Gasteiger partial charge on any atom is 0.263 e. The summed E-state index contributed by atoms with van der Waals surface area (Å²) in [6.07, 6.45) is 3.13. The van der Waals surface area contributed by atoms with E-state index in [1.54, 1.807) is 25.1 Å². The average molecular weight is 313 g/mol. The minimum absolute atomic E-state index is 0.0166. The van der Waals surface area contributed by atoms with E-state index in [1.807, 2.05) is 11.0 Å². The fourth-order valence-corrected chi connectivity index (χ4v) is 3.52. The molecule has 0 saturated carbocycles. The number of nitrogens with zero attached hydrogens (tertiary/aromatic N) is 3. The number of benzene rings is 1. The van der Waals surface area contributed by atoms with Crippen LogP contribution >= 0.6 is 0 Å². The van der Waals surface area contributed by atoms with Crippen LogP contribution in [0.1, 0.15) is 31.7 Å². The van der Waals surface area contributed by atoms with E-state index in [4.69, 9.17) is 10.00 Å². The largest absolute Gasteiger partial charge is 0.480 e. The summed E-state index contributed by atoms with van der Waals surface area (Å²) in [6, 6.07) is 9.64. The highest BCUT2D eigenvalue weighted by Gasteiger charge is 2.33. The zero-order valence-electron chi connectivity index (χ0n) is 13.6. The molecular formula is C18H23N3O2. The van der Waals surface area contributed by atoms with Gasteiger partial charge in [-0.2, -0.15) is 5.26 Å². The molecule has 122 valence electrons. The van der Waals surface area contributed by atoms with Crippen molar-refractivity contribution in [3.63, 3.8) is 0 Å². The van der Waals surface area contributed by atoms with Gasteiger partial charge < -0.3 is 9.64 Å². The molecule has 2 aliphatic heterocycles. The van der Waals surface area contributed by atoms with Crippen LogP contribution < -0.4 is 4.74 Å². The number of nitriles is 1. The third-order valence-electron chi connectivity index (χ3n) is 4.81. The van der Waals surface area contributed by atoms with Crippen LogP contribution in [0, 0.1) is 11.3 Å². The number of para-hydroxylation sites is 1. The summed E-state index contributed by atoms with van der Waals surface area (Å²) < 4.78 is 5.76. The van der Waals surface area contributed by atoms with Crippen LogP contribution in [0.4, 0.5) is 0 Å². The zero-order valence-corrected chi connectivity index (χ0v) is 13.6. The molecule has 1 aromatic rings. The summed E-state index contributed by atoms with van der Waals surface area (Å²) in [5.41, 5.74) is 0.462. The fraction of sp³-hybridized carbons (Fsp3) is 0.556. The Morgan fingerprint density at radius 1 is 1.30 bits per heavy atom. The van der Waals surface area contributed by atoms with Gasteiger partial charge in [0.25, 0.3) is 5.91 Å². The lowest BCUT2D eigenvalue weighted by Gasteiger charge is -2.44. The van der Waals surface area contributed by atoms with Gasteiger partial charge in [-0.15, -0.1) is 0 Å². The summed E-state index contributed by atoms with van der Waals surface area (Å²) >= 11 is 0. The van der Waals surface area contributed by atoms with Crippen molar-refractivity contribution in [3.8, 4) is 11.8 Å². The summed E-state index contributed by atoms with van der Waals surface area (Å²) in [5.74, 6) is 0.495. The van der Waals surface area contributed by atoms with Crippen molar-refractivity contribution in [1.29, 1.82) is 5.26 Å². The van der Waals surface area contributed by atoms with Crippen molar-refractivity contribution in [2.24, 2.45) is 0 Å². The molecule has 2 heterocycles. The number of piperidine rings is 1. The lowest BCUT2D eigenvalue weighted by molar-refractivity contribution is -0.141. The highest BCUT2D eigenvalue weighted by atomic mass is 16.5. The molecule has 0 radical (unpaired) electrons. The Labute approximate surface area is 137 Å². The molecule has 5 heteroatoms. The molecule has 2 aliphatic rings. The molecule has 3 rings (SSSR count). The molecule has 5 nitrogen and oxygen atoms in total. The third kappa shape index (κ3) is 3.48. The Morgan fingerprint density at radius 3 is 2.96 bits per heavy atom. The van der Waals surface area contributed by atoms with E-state index in [9.17, 15) is 4.79 Å². The lowest BCUT2D eigenvalue weighted by Crippen LogP contribution is -2.57. The smallest absolute Gasteiger partial charge is 0.263 e. The van der Waals surface area contributed by atoms with Gasteiger partial charge in [0.1, 0.15) is 11.8 Å². The average Bonchev–Trinajstić information content (AvgIpc) is 2.61. The maximum absolute atomic E-state index is 12.7. The molecule has 0 aliphatic carbocycles. The highest BCUT2D eigenvalue weighted by molar-refractivity contribution is 5.81. The summed E-state index contributed by atoms with van der Waals surface area (Å²) in [6.45, 7) is 5.45. The van der Waals surface area contributed by atoms with E-state index >= 15 is 0 Å². The van der Waals surface area contributed by atoms with Crippen molar-refractivity contribution in [2.75, 3.05) is 26.2 Å². The predicted octanol–water partition coefficient (Wildman–Crippen LogP) is 2.02. The van der Waals surface area contributed by atoms with E-state index < -0.39 is 6.10 Å². The summed E-state index contributed by atoms with van der Waals surface area (Å²) in [4.78, 5) is 17.1. The van der Waals surface area contributed by atoms with E-state index in [1.165, 1.54) is 19.3 Å². The second-order valence-corrected chi connectivity index (χ2v) is 6.34. The van der Waals surface area contributed by atoms with Gasteiger partial charge in [0, 0.05) is 25.7 Å². The molecule has 1 aromatic carbocycles. The minimum atomic E-state index is -0.570. The van der Waals surface area contributed by atoms with Gasteiger partial charge >= 0.3 is 0 Å². The second-order valence-electron chi connectivity index (χ2n) is 6.34. The first-order valence-corrected chi connectivity index (χ1v) is 8.37. The molecule has 23 heavy (non-hydrogen) atoms. The molecule has 0 aromatic heterocycles. The zero-order chi connectivity index (χ0) is 16.2. The number of amides is 1. The van der Waals surface area contributed by atoms with E-state index in [0.29, 0.717) is 17.4 Å². The normalized spacial score (nSPS) is 22.8. The van der Waals surface area contributed by atoms with Crippen LogP contribution in [0.2, 0.25) is 0 Å². The first-order valence-electron chi connectivity index (χ1n) is 8.37. The van der Waals surface area contributed by atoms with Crippen LogP contribution in [0.25, 0.3) is 0 Å². The maximum atomic E-state index is 12.7. The standard InChI is InChI=1S/C18H23N3O2/c1-14(23-17-8-3-2-6-15(17)12-19)18(22)21-11-10-20-9-5-4-7-16(20)13-21/h2-3,6,8,14,16H,4-5,7,9-11,13H2,1H3/t14-,16-/m0/s1.